The Labute approximate surface area is 97.2 Å². The molecule has 0 saturated carbocycles. The maximum absolute atomic E-state index is 13.3. The molecule has 1 aromatic heterocycles. The number of hydrogen-bond donors (Lipinski definition) is 1. The maximum atomic E-state index is 13.3. The molecule has 0 radical (unpaired) electrons. The molecular weight excluding hydrogens is 221 g/mol. The molecule has 17 heavy (non-hydrogen) atoms. The van der Waals surface area contributed by atoms with Crippen LogP contribution in [0.2, 0.25) is 0 Å². The van der Waals surface area contributed by atoms with Crippen LogP contribution in [0.5, 0.6) is 5.75 Å². The van der Waals surface area contributed by atoms with Crippen molar-refractivity contribution in [3.63, 3.8) is 0 Å². The Morgan fingerprint density at radius 3 is 2.65 bits per heavy atom. The molecule has 1 N–H and O–H groups in total. The van der Waals surface area contributed by atoms with Crippen molar-refractivity contribution in [1.82, 2.24) is 4.98 Å². The zero-order chi connectivity index (χ0) is 12.4. The van der Waals surface area contributed by atoms with Crippen molar-refractivity contribution < 1.29 is 9.50 Å². The standard InChI is InChI=1S/C13H10FNO2/c1-8-10(6-15-7-11(8)14)9-2-4-12(16)13(17)5-3-9/h2-7H,1H3,(H,16,17). The van der Waals surface area contributed by atoms with Crippen molar-refractivity contribution in [2.45, 2.75) is 6.92 Å². The normalized spacial score (nSPS) is 10.2. The van der Waals surface area contributed by atoms with Crippen LogP contribution >= 0.6 is 0 Å². The average Bonchev–Trinajstić information content (AvgIpc) is 2.47. The van der Waals surface area contributed by atoms with E-state index in [0.29, 0.717) is 16.7 Å². The molecular formula is C13H10FNO2. The molecule has 0 fully saturated rings. The summed E-state index contributed by atoms with van der Waals surface area (Å²) in [6.45, 7) is 1.64. The second-order valence-electron chi connectivity index (χ2n) is 3.67. The number of pyridine rings is 1. The molecule has 0 atom stereocenters. The molecule has 0 aliphatic rings. The first-order valence-corrected chi connectivity index (χ1v) is 5.03. The van der Waals surface area contributed by atoms with E-state index in [4.69, 9.17) is 0 Å². The first-order valence-electron chi connectivity index (χ1n) is 5.03. The molecule has 2 aromatic rings. The second-order valence-corrected chi connectivity index (χ2v) is 3.67. The fraction of sp³-hybridized carbons (Fsp3) is 0.0769. The van der Waals surface area contributed by atoms with Crippen LogP contribution in [0, 0.1) is 12.7 Å². The van der Waals surface area contributed by atoms with Crippen LogP contribution in [0.3, 0.4) is 0 Å². The van der Waals surface area contributed by atoms with Crippen LogP contribution in [0.25, 0.3) is 11.1 Å². The van der Waals surface area contributed by atoms with E-state index in [0.717, 1.165) is 6.20 Å². The quantitative estimate of drug-likeness (QED) is 0.819. The predicted molar refractivity (Wildman–Crippen MR) is 62.3 cm³/mol. The fourth-order valence-electron chi connectivity index (χ4n) is 1.53. The summed E-state index contributed by atoms with van der Waals surface area (Å²) in [5, 5.41) is 9.27. The topological polar surface area (TPSA) is 50.2 Å². The number of rotatable bonds is 1. The Hall–Kier alpha value is -2.23. The summed E-state index contributed by atoms with van der Waals surface area (Å²) in [7, 11) is 0. The van der Waals surface area contributed by atoms with E-state index >= 15 is 0 Å². The summed E-state index contributed by atoms with van der Waals surface area (Å²) in [5.41, 5.74) is 1.21. The highest BCUT2D eigenvalue weighted by atomic mass is 19.1. The molecule has 0 bridgehead atoms. The highest BCUT2D eigenvalue weighted by molar-refractivity contribution is 5.66. The van der Waals surface area contributed by atoms with Crippen LogP contribution < -0.4 is 5.43 Å². The van der Waals surface area contributed by atoms with Crippen molar-refractivity contribution >= 4 is 0 Å². The van der Waals surface area contributed by atoms with E-state index in [9.17, 15) is 14.3 Å². The van der Waals surface area contributed by atoms with E-state index in [1.54, 1.807) is 13.0 Å². The van der Waals surface area contributed by atoms with Crippen LogP contribution in [0.15, 0.2) is 41.5 Å². The average molecular weight is 231 g/mol. The third-order valence-corrected chi connectivity index (χ3v) is 2.55. The molecule has 0 unspecified atom stereocenters. The number of nitrogens with zero attached hydrogens (tertiary/aromatic N) is 1. The van der Waals surface area contributed by atoms with E-state index in [-0.39, 0.29) is 5.75 Å². The van der Waals surface area contributed by atoms with Gasteiger partial charge in [0.1, 0.15) is 5.82 Å². The second kappa shape index (κ2) is 4.33. The van der Waals surface area contributed by atoms with E-state index in [1.807, 2.05) is 0 Å². The molecule has 1 heterocycles. The van der Waals surface area contributed by atoms with Gasteiger partial charge in [0.2, 0.25) is 5.43 Å². The first kappa shape index (κ1) is 11.3. The molecule has 2 rings (SSSR count). The monoisotopic (exact) mass is 231 g/mol. The third-order valence-electron chi connectivity index (χ3n) is 2.55. The van der Waals surface area contributed by atoms with Crippen molar-refractivity contribution in [2.75, 3.05) is 0 Å². The lowest BCUT2D eigenvalue weighted by Gasteiger charge is -2.03. The summed E-state index contributed by atoms with van der Waals surface area (Å²) in [5.74, 6) is -0.737. The van der Waals surface area contributed by atoms with Crippen LogP contribution in [-0.4, -0.2) is 10.1 Å². The molecule has 0 spiro atoms. The molecule has 0 saturated heterocycles. The smallest absolute Gasteiger partial charge is 0.220 e. The van der Waals surface area contributed by atoms with Gasteiger partial charge in [0.05, 0.1) is 6.20 Å². The summed E-state index contributed by atoms with van der Waals surface area (Å²) < 4.78 is 13.3. The first-order chi connectivity index (χ1) is 8.09. The predicted octanol–water partition coefficient (Wildman–Crippen LogP) is 2.26. The Bertz CT molecular complexity index is 626. The van der Waals surface area contributed by atoms with Gasteiger partial charge in [-0.05, 0) is 30.2 Å². The van der Waals surface area contributed by atoms with Gasteiger partial charge in [-0.25, -0.2) is 4.39 Å². The van der Waals surface area contributed by atoms with Crippen molar-refractivity contribution in [1.29, 1.82) is 0 Å². The van der Waals surface area contributed by atoms with Gasteiger partial charge in [0.15, 0.2) is 5.75 Å². The van der Waals surface area contributed by atoms with Gasteiger partial charge in [-0.1, -0.05) is 12.1 Å². The van der Waals surface area contributed by atoms with E-state index < -0.39 is 11.2 Å². The molecule has 4 heteroatoms. The van der Waals surface area contributed by atoms with Gasteiger partial charge in [-0.3, -0.25) is 9.78 Å². The van der Waals surface area contributed by atoms with Gasteiger partial charge in [0, 0.05) is 11.8 Å². The largest absolute Gasteiger partial charge is 0.504 e. The zero-order valence-electron chi connectivity index (χ0n) is 9.14. The van der Waals surface area contributed by atoms with E-state index in [1.165, 1.54) is 24.4 Å². The Morgan fingerprint density at radius 1 is 1.18 bits per heavy atom. The third kappa shape index (κ3) is 2.15. The van der Waals surface area contributed by atoms with Crippen molar-refractivity contribution in [2.24, 2.45) is 0 Å². The van der Waals surface area contributed by atoms with Crippen LogP contribution in [0.1, 0.15) is 5.56 Å². The molecule has 0 amide bonds. The highest BCUT2D eigenvalue weighted by Gasteiger charge is 2.06. The van der Waals surface area contributed by atoms with Gasteiger partial charge in [-0.2, -0.15) is 0 Å². The minimum Gasteiger partial charge on any atom is -0.504 e. The lowest BCUT2D eigenvalue weighted by Crippen LogP contribution is -1.91. The molecule has 0 aliphatic carbocycles. The molecule has 86 valence electrons. The van der Waals surface area contributed by atoms with Gasteiger partial charge in [-0.15, -0.1) is 0 Å². The summed E-state index contributed by atoms with van der Waals surface area (Å²) in [6, 6.07) is 5.63. The summed E-state index contributed by atoms with van der Waals surface area (Å²) in [4.78, 5) is 15.0. The lowest BCUT2D eigenvalue weighted by molar-refractivity contribution is 0.471. The van der Waals surface area contributed by atoms with Crippen molar-refractivity contribution in [3.05, 3.63) is 58.3 Å². The number of aromatic nitrogens is 1. The zero-order valence-corrected chi connectivity index (χ0v) is 9.14. The lowest BCUT2D eigenvalue weighted by atomic mass is 10.0. The molecule has 1 aromatic carbocycles. The van der Waals surface area contributed by atoms with Crippen molar-refractivity contribution in [3.8, 4) is 16.9 Å². The summed E-state index contributed by atoms with van der Waals surface area (Å²) >= 11 is 0. The molecule has 0 aliphatic heterocycles. The highest BCUT2D eigenvalue weighted by Crippen LogP contribution is 2.23. The number of aromatic hydroxyl groups is 1. The number of halogens is 1. The van der Waals surface area contributed by atoms with E-state index in [2.05, 4.69) is 4.98 Å². The number of hydrogen-bond acceptors (Lipinski definition) is 3. The van der Waals surface area contributed by atoms with Crippen LogP contribution in [0.4, 0.5) is 4.39 Å². The Morgan fingerprint density at radius 2 is 1.88 bits per heavy atom. The SMILES string of the molecule is Cc1c(F)cncc1-c1ccc(O)c(=O)cc1. The Balaban J connectivity index is 2.66. The minimum atomic E-state index is -0.474. The minimum absolute atomic E-state index is 0.335. The van der Waals surface area contributed by atoms with Gasteiger partial charge < -0.3 is 5.11 Å². The fourth-order valence-corrected chi connectivity index (χ4v) is 1.53. The van der Waals surface area contributed by atoms with Gasteiger partial charge in [0.25, 0.3) is 0 Å². The Kier molecular flexibility index (Phi) is 2.87. The van der Waals surface area contributed by atoms with Crippen LogP contribution in [-0.2, 0) is 0 Å². The maximum Gasteiger partial charge on any atom is 0.220 e. The summed E-state index contributed by atoms with van der Waals surface area (Å²) in [6.07, 6.45) is 2.66. The van der Waals surface area contributed by atoms with Gasteiger partial charge >= 0.3 is 0 Å². The molecule has 3 nitrogen and oxygen atoms in total.